The van der Waals surface area contributed by atoms with Gasteiger partial charge >= 0.3 is 0 Å². The minimum absolute atomic E-state index is 0.0196. The normalized spacial score (nSPS) is 15.1. The molecule has 1 saturated carbocycles. The number of carbonyl (C=O) groups is 1. The number of rotatable bonds is 8. The number of nitrogens with zero attached hydrogens (tertiary/aromatic N) is 3. The maximum atomic E-state index is 12.8. The predicted molar refractivity (Wildman–Crippen MR) is 104 cm³/mol. The monoisotopic (exact) mass is 374 g/mol. The van der Waals surface area contributed by atoms with Gasteiger partial charge in [-0.25, -0.2) is 0 Å². The molecule has 1 aliphatic rings. The first kappa shape index (κ1) is 18.8. The van der Waals surface area contributed by atoms with Gasteiger partial charge < -0.3 is 14.6 Å². The summed E-state index contributed by atoms with van der Waals surface area (Å²) in [4.78, 5) is 12.8. The summed E-state index contributed by atoms with van der Waals surface area (Å²) in [6, 6.07) is 7.36. The zero-order valence-electron chi connectivity index (χ0n) is 15.7. The molecule has 0 aliphatic heterocycles. The van der Waals surface area contributed by atoms with Crippen molar-refractivity contribution in [2.75, 3.05) is 12.4 Å². The average molecular weight is 375 g/mol. The highest BCUT2D eigenvalue weighted by atomic mass is 32.2. The molecule has 7 heteroatoms. The van der Waals surface area contributed by atoms with Crippen LogP contribution in [0.4, 0.5) is 5.69 Å². The molecule has 0 spiro atoms. The van der Waals surface area contributed by atoms with E-state index in [-0.39, 0.29) is 17.1 Å². The number of methoxy groups -OCH3 is 1. The van der Waals surface area contributed by atoms with Crippen molar-refractivity contribution in [3.8, 4) is 5.75 Å². The van der Waals surface area contributed by atoms with Gasteiger partial charge in [0.05, 0.1) is 12.4 Å². The summed E-state index contributed by atoms with van der Waals surface area (Å²) in [6.45, 7) is 7.03. The fourth-order valence-corrected chi connectivity index (χ4v) is 3.92. The van der Waals surface area contributed by atoms with Gasteiger partial charge in [0.25, 0.3) is 0 Å². The van der Waals surface area contributed by atoms with Gasteiger partial charge in [0.15, 0.2) is 5.16 Å². The minimum Gasteiger partial charge on any atom is -0.497 e. The van der Waals surface area contributed by atoms with Gasteiger partial charge in [-0.15, -0.1) is 10.2 Å². The summed E-state index contributed by atoms with van der Waals surface area (Å²) in [7, 11) is 1.62. The molecule has 2 aromatic rings. The Balaban J connectivity index is 1.73. The van der Waals surface area contributed by atoms with Crippen LogP contribution in [0.5, 0.6) is 5.75 Å². The number of ether oxygens (including phenoxy) is 1. The molecule has 1 fully saturated rings. The zero-order chi connectivity index (χ0) is 18.7. The molecule has 0 radical (unpaired) electrons. The zero-order valence-corrected chi connectivity index (χ0v) is 16.5. The van der Waals surface area contributed by atoms with E-state index in [2.05, 4.69) is 40.9 Å². The number of aromatic nitrogens is 3. The van der Waals surface area contributed by atoms with E-state index in [4.69, 9.17) is 4.74 Å². The lowest BCUT2D eigenvalue weighted by molar-refractivity contribution is -0.116. The molecule has 0 saturated heterocycles. The Bertz CT molecular complexity index is 753. The fraction of sp³-hybridized carbons (Fsp3) is 0.526. The largest absolute Gasteiger partial charge is 0.497 e. The van der Waals surface area contributed by atoms with E-state index in [1.165, 1.54) is 24.6 Å². The maximum Gasteiger partial charge on any atom is 0.238 e. The highest BCUT2D eigenvalue weighted by Crippen LogP contribution is 2.40. The first-order chi connectivity index (χ1) is 12.5. The molecular formula is C19H26N4O2S. The van der Waals surface area contributed by atoms with E-state index < -0.39 is 0 Å². The number of nitrogens with one attached hydrogen (secondary N) is 1. The Labute approximate surface area is 158 Å². The third-order valence-corrected chi connectivity index (χ3v) is 5.98. The van der Waals surface area contributed by atoms with Crippen molar-refractivity contribution in [3.05, 3.63) is 30.1 Å². The average Bonchev–Trinajstić information content (AvgIpc) is 3.40. The maximum absolute atomic E-state index is 12.8. The van der Waals surface area contributed by atoms with Crippen molar-refractivity contribution in [2.24, 2.45) is 5.92 Å². The molecule has 140 valence electrons. The number of amides is 1. The van der Waals surface area contributed by atoms with Crippen LogP contribution in [0.25, 0.3) is 0 Å². The summed E-state index contributed by atoms with van der Waals surface area (Å²) in [5, 5.41) is 12.3. The minimum atomic E-state index is -0.237. The molecule has 1 heterocycles. The van der Waals surface area contributed by atoms with E-state index in [1.54, 1.807) is 7.11 Å². The van der Waals surface area contributed by atoms with Crippen LogP contribution in [-0.2, 0) is 11.3 Å². The predicted octanol–water partition coefficient (Wildman–Crippen LogP) is 3.94. The quantitative estimate of drug-likeness (QED) is 0.709. The molecule has 1 amide bonds. The van der Waals surface area contributed by atoms with Crippen LogP contribution < -0.4 is 10.1 Å². The Morgan fingerprint density at radius 1 is 1.31 bits per heavy atom. The molecule has 1 aliphatic carbocycles. The first-order valence-electron chi connectivity index (χ1n) is 9.08. The van der Waals surface area contributed by atoms with Crippen molar-refractivity contribution in [3.63, 3.8) is 0 Å². The molecule has 1 aromatic carbocycles. The molecule has 0 bridgehead atoms. The van der Waals surface area contributed by atoms with Crippen LogP contribution in [0.15, 0.2) is 29.4 Å². The first-order valence-corrected chi connectivity index (χ1v) is 9.96. The molecule has 1 aromatic heterocycles. The molecule has 1 atom stereocenters. The van der Waals surface area contributed by atoms with Gasteiger partial charge in [-0.3, -0.25) is 4.79 Å². The lowest BCUT2D eigenvalue weighted by atomic mass is 10.1. The lowest BCUT2D eigenvalue weighted by Crippen LogP contribution is -2.30. The summed E-state index contributed by atoms with van der Waals surface area (Å²) in [5.74, 6) is 2.52. The van der Waals surface area contributed by atoms with Gasteiger partial charge in [-0.05, 0) is 49.9 Å². The molecule has 1 N–H and O–H groups in total. The van der Waals surface area contributed by atoms with Gasteiger partial charge in [-0.1, -0.05) is 25.6 Å². The van der Waals surface area contributed by atoms with Crippen molar-refractivity contribution in [1.82, 2.24) is 14.8 Å². The summed E-state index contributed by atoms with van der Waals surface area (Å²) in [6.07, 6.45) is 2.38. The topological polar surface area (TPSA) is 69.0 Å². The van der Waals surface area contributed by atoms with Crippen molar-refractivity contribution < 1.29 is 9.53 Å². The van der Waals surface area contributed by atoms with Gasteiger partial charge in [0, 0.05) is 18.2 Å². The summed E-state index contributed by atoms with van der Waals surface area (Å²) in [5.41, 5.74) is 0.762. The Hall–Kier alpha value is -2.02. The fourth-order valence-electron chi connectivity index (χ4n) is 2.82. The van der Waals surface area contributed by atoms with Crippen LogP contribution >= 0.6 is 11.8 Å². The third kappa shape index (κ3) is 4.20. The number of hydrogen-bond donors (Lipinski definition) is 1. The molecule has 1 unspecified atom stereocenters. The van der Waals surface area contributed by atoms with Crippen LogP contribution in [-0.4, -0.2) is 33.0 Å². The highest BCUT2D eigenvalue weighted by Gasteiger charge is 2.32. The standard InChI is InChI=1S/C19H26N4O2S/c1-5-23-17(13-6-7-13)21-22-19(23)26-16(12(2)3)18(24)20-14-8-10-15(25-4)11-9-14/h8-13,16H,5-7H2,1-4H3,(H,20,24). The van der Waals surface area contributed by atoms with E-state index in [0.29, 0.717) is 5.92 Å². The van der Waals surface area contributed by atoms with Gasteiger partial charge in [0.1, 0.15) is 11.6 Å². The lowest BCUT2D eigenvalue weighted by Gasteiger charge is -2.20. The van der Waals surface area contributed by atoms with Crippen molar-refractivity contribution >= 4 is 23.4 Å². The summed E-state index contributed by atoms with van der Waals surface area (Å²) >= 11 is 1.50. The number of anilines is 1. The Morgan fingerprint density at radius 2 is 2.00 bits per heavy atom. The van der Waals surface area contributed by atoms with Crippen LogP contribution in [0, 0.1) is 5.92 Å². The second-order valence-electron chi connectivity index (χ2n) is 6.86. The third-order valence-electron chi connectivity index (χ3n) is 4.46. The molecule has 26 heavy (non-hydrogen) atoms. The highest BCUT2D eigenvalue weighted by molar-refractivity contribution is 8.00. The van der Waals surface area contributed by atoms with Gasteiger partial charge in [0.2, 0.25) is 5.91 Å². The Kier molecular flexibility index (Phi) is 5.86. The molecular weight excluding hydrogens is 348 g/mol. The number of thioether (sulfide) groups is 1. The van der Waals surface area contributed by atoms with Crippen molar-refractivity contribution in [1.29, 1.82) is 0 Å². The molecule has 6 nitrogen and oxygen atoms in total. The van der Waals surface area contributed by atoms with Crippen molar-refractivity contribution in [2.45, 2.75) is 56.5 Å². The molecule has 3 rings (SSSR count). The number of benzene rings is 1. The smallest absolute Gasteiger partial charge is 0.238 e. The van der Waals surface area contributed by atoms with Crippen LogP contribution in [0.2, 0.25) is 0 Å². The number of hydrogen-bond acceptors (Lipinski definition) is 5. The second kappa shape index (κ2) is 8.12. The summed E-state index contributed by atoms with van der Waals surface area (Å²) < 4.78 is 7.31. The SMILES string of the molecule is CCn1c(SC(C(=O)Nc2ccc(OC)cc2)C(C)C)nnc1C1CC1. The van der Waals surface area contributed by atoms with Crippen LogP contribution in [0.3, 0.4) is 0 Å². The second-order valence-corrected chi connectivity index (χ2v) is 7.97. The van der Waals surface area contributed by atoms with E-state index in [0.717, 1.165) is 29.0 Å². The van der Waals surface area contributed by atoms with E-state index in [9.17, 15) is 4.79 Å². The van der Waals surface area contributed by atoms with E-state index in [1.807, 2.05) is 24.3 Å². The number of carbonyl (C=O) groups excluding carboxylic acids is 1. The van der Waals surface area contributed by atoms with Crippen LogP contribution in [0.1, 0.15) is 45.4 Å². The van der Waals surface area contributed by atoms with Gasteiger partial charge in [-0.2, -0.15) is 0 Å². The van der Waals surface area contributed by atoms with E-state index >= 15 is 0 Å². The Morgan fingerprint density at radius 3 is 2.54 bits per heavy atom.